The zero-order valence-electron chi connectivity index (χ0n) is 20.5. The van der Waals surface area contributed by atoms with E-state index < -0.39 is 11.4 Å². The van der Waals surface area contributed by atoms with Crippen LogP contribution in [-0.2, 0) is 4.79 Å². The minimum absolute atomic E-state index is 0.130. The molecule has 0 atom stereocenters. The summed E-state index contributed by atoms with van der Waals surface area (Å²) in [5, 5.41) is 13.3. The first-order chi connectivity index (χ1) is 16.0. The van der Waals surface area contributed by atoms with Gasteiger partial charge in [0.25, 0.3) is 0 Å². The molecule has 2 heterocycles. The van der Waals surface area contributed by atoms with Crippen LogP contribution in [-0.4, -0.2) is 48.1 Å². The molecule has 7 heteroatoms. The second kappa shape index (κ2) is 8.97. The summed E-state index contributed by atoms with van der Waals surface area (Å²) in [4.78, 5) is 33.8. The van der Waals surface area contributed by atoms with Crippen LogP contribution in [0.5, 0.6) is 0 Å². The Morgan fingerprint density at radius 3 is 2.29 bits per heavy atom. The lowest BCUT2D eigenvalue weighted by Gasteiger charge is -2.37. The maximum atomic E-state index is 12.4. The molecule has 0 unspecified atom stereocenters. The predicted molar refractivity (Wildman–Crippen MR) is 137 cm³/mol. The van der Waals surface area contributed by atoms with E-state index in [2.05, 4.69) is 47.2 Å². The average molecular weight is 461 g/mol. The minimum atomic E-state index is -1.01. The molecule has 4 rings (SSSR count). The van der Waals surface area contributed by atoms with Crippen molar-refractivity contribution in [2.24, 2.45) is 5.41 Å². The zero-order valence-corrected chi connectivity index (χ0v) is 20.5. The number of carboxylic acids is 1. The van der Waals surface area contributed by atoms with Gasteiger partial charge in [-0.05, 0) is 55.3 Å². The molecule has 178 valence electrons. The Morgan fingerprint density at radius 1 is 0.971 bits per heavy atom. The van der Waals surface area contributed by atoms with Crippen molar-refractivity contribution in [1.29, 1.82) is 0 Å². The van der Waals surface area contributed by atoms with Crippen LogP contribution in [0.1, 0.15) is 42.3 Å². The molecule has 2 N–H and O–H groups in total. The average Bonchev–Trinajstić information content (AvgIpc) is 2.79. The van der Waals surface area contributed by atoms with Crippen molar-refractivity contribution in [3.05, 3.63) is 59.2 Å². The summed E-state index contributed by atoms with van der Waals surface area (Å²) in [5.74, 6) is -0.478. The number of aromatic carboxylic acids is 1. The monoisotopic (exact) mass is 460 g/mol. The van der Waals surface area contributed by atoms with Crippen molar-refractivity contribution in [2.45, 2.75) is 34.6 Å². The molecule has 0 bridgehead atoms. The van der Waals surface area contributed by atoms with Gasteiger partial charge in [-0.25, -0.2) is 9.78 Å². The Labute approximate surface area is 200 Å². The number of hydrogen-bond acceptors (Lipinski definition) is 5. The Morgan fingerprint density at radius 2 is 1.65 bits per heavy atom. The fourth-order valence-corrected chi connectivity index (χ4v) is 4.20. The van der Waals surface area contributed by atoms with E-state index in [1.807, 2.05) is 20.8 Å². The molecule has 1 saturated heterocycles. The second-order valence-corrected chi connectivity index (χ2v) is 9.96. The number of amides is 1. The lowest BCUT2D eigenvalue weighted by atomic mass is 9.95. The number of anilines is 3. The normalized spacial score (nSPS) is 14.4. The van der Waals surface area contributed by atoms with E-state index in [1.54, 1.807) is 24.3 Å². The van der Waals surface area contributed by atoms with E-state index in [9.17, 15) is 14.7 Å². The number of aryl methyl sites for hydroxylation is 1. The fourth-order valence-electron chi connectivity index (χ4n) is 4.20. The second-order valence-electron chi connectivity index (χ2n) is 9.96. The predicted octanol–water partition coefficient (Wildman–Crippen LogP) is 4.86. The third-order valence-electron chi connectivity index (χ3n) is 6.49. The summed E-state index contributed by atoms with van der Waals surface area (Å²) in [7, 11) is 0. The van der Waals surface area contributed by atoms with Gasteiger partial charge in [-0.15, -0.1) is 0 Å². The van der Waals surface area contributed by atoms with Crippen molar-refractivity contribution in [3.63, 3.8) is 0 Å². The number of carbonyl (C=O) groups excluding carboxylic acids is 1. The fraction of sp³-hybridized carbons (Fsp3) is 0.370. The molecular formula is C27H32N4O3. The van der Waals surface area contributed by atoms with Gasteiger partial charge in [0, 0.05) is 48.4 Å². The van der Waals surface area contributed by atoms with E-state index in [0.29, 0.717) is 22.4 Å². The molecule has 0 saturated carbocycles. The van der Waals surface area contributed by atoms with Crippen molar-refractivity contribution in [2.75, 3.05) is 41.3 Å². The highest BCUT2D eigenvalue weighted by Gasteiger charge is 2.24. The number of piperazine rings is 1. The van der Waals surface area contributed by atoms with E-state index in [4.69, 9.17) is 4.98 Å². The number of carboxylic acid groups (broad SMARTS) is 1. The largest absolute Gasteiger partial charge is 0.478 e. The number of hydrogen-bond donors (Lipinski definition) is 2. The van der Waals surface area contributed by atoms with E-state index in [1.165, 1.54) is 16.8 Å². The number of nitrogens with zero attached hydrogens (tertiary/aromatic N) is 3. The number of pyridine rings is 1. The smallest absolute Gasteiger partial charge is 0.336 e. The Kier molecular flexibility index (Phi) is 6.21. The molecular weight excluding hydrogens is 428 g/mol. The molecule has 0 aliphatic carbocycles. The van der Waals surface area contributed by atoms with Gasteiger partial charge >= 0.3 is 5.97 Å². The maximum absolute atomic E-state index is 12.4. The molecule has 3 aromatic rings. The highest BCUT2D eigenvalue weighted by atomic mass is 16.4. The number of rotatable bonds is 4. The SMILES string of the molecule is Cc1cccc(N2CCN(c3cc(C(=O)O)c4cc(NC(=O)C(C)(C)C)ccc4n3)CC2)c1C. The molecule has 7 nitrogen and oxygen atoms in total. The molecule has 34 heavy (non-hydrogen) atoms. The minimum Gasteiger partial charge on any atom is -0.478 e. The summed E-state index contributed by atoms with van der Waals surface area (Å²) in [5.41, 5.74) is 4.62. The van der Waals surface area contributed by atoms with E-state index in [0.717, 1.165) is 26.2 Å². The molecule has 1 fully saturated rings. The first-order valence-corrected chi connectivity index (χ1v) is 11.6. The lowest BCUT2D eigenvalue weighted by Crippen LogP contribution is -2.47. The van der Waals surface area contributed by atoms with Gasteiger partial charge in [0.2, 0.25) is 5.91 Å². The third-order valence-corrected chi connectivity index (χ3v) is 6.49. The molecule has 1 aromatic heterocycles. The summed E-state index contributed by atoms with van der Waals surface area (Å²) in [6.45, 7) is 13.0. The first kappa shape index (κ1) is 23.5. The summed E-state index contributed by atoms with van der Waals surface area (Å²) >= 11 is 0. The molecule has 1 aliphatic heterocycles. The quantitative estimate of drug-likeness (QED) is 0.578. The Balaban J connectivity index is 1.59. The van der Waals surface area contributed by atoms with Gasteiger partial charge in [-0.3, -0.25) is 4.79 Å². The van der Waals surface area contributed by atoms with Crippen molar-refractivity contribution >= 4 is 40.0 Å². The van der Waals surface area contributed by atoms with Crippen LogP contribution in [0.4, 0.5) is 17.2 Å². The van der Waals surface area contributed by atoms with E-state index >= 15 is 0 Å². The molecule has 0 radical (unpaired) electrons. The number of aromatic nitrogens is 1. The lowest BCUT2D eigenvalue weighted by molar-refractivity contribution is -0.123. The summed E-state index contributed by atoms with van der Waals surface area (Å²) < 4.78 is 0. The molecule has 1 aliphatic rings. The number of benzene rings is 2. The molecule has 1 amide bonds. The van der Waals surface area contributed by atoms with Crippen molar-refractivity contribution in [3.8, 4) is 0 Å². The van der Waals surface area contributed by atoms with Crippen LogP contribution < -0.4 is 15.1 Å². The highest BCUT2D eigenvalue weighted by molar-refractivity contribution is 6.05. The van der Waals surface area contributed by atoms with E-state index in [-0.39, 0.29) is 11.5 Å². The van der Waals surface area contributed by atoms with Crippen molar-refractivity contribution in [1.82, 2.24) is 4.98 Å². The van der Waals surface area contributed by atoms with Gasteiger partial charge in [-0.1, -0.05) is 32.9 Å². The summed E-state index contributed by atoms with van der Waals surface area (Å²) in [6, 6.07) is 13.3. The Bertz CT molecular complexity index is 1250. The van der Waals surface area contributed by atoms with Crippen molar-refractivity contribution < 1.29 is 14.7 Å². The zero-order chi connectivity index (χ0) is 24.6. The first-order valence-electron chi connectivity index (χ1n) is 11.6. The van der Waals surface area contributed by atoms with Gasteiger partial charge in [0.15, 0.2) is 0 Å². The van der Waals surface area contributed by atoms with Crippen LogP contribution in [0.25, 0.3) is 10.9 Å². The maximum Gasteiger partial charge on any atom is 0.336 e. The topological polar surface area (TPSA) is 85.8 Å². The van der Waals surface area contributed by atoms with Gasteiger partial charge < -0.3 is 20.2 Å². The third kappa shape index (κ3) is 4.69. The Hall–Kier alpha value is -3.61. The van der Waals surface area contributed by atoms with Crippen LogP contribution in [0, 0.1) is 19.3 Å². The van der Waals surface area contributed by atoms with Crippen LogP contribution >= 0.6 is 0 Å². The molecule has 2 aromatic carbocycles. The molecule has 0 spiro atoms. The van der Waals surface area contributed by atoms with Crippen LogP contribution in [0.15, 0.2) is 42.5 Å². The van der Waals surface area contributed by atoms with Gasteiger partial charge in [0.05, 0.1) is 11.1 Å². The number of fused-ring (bicyclic) bond motifs is 1. The van der Waals surface area contributed by atoms with Crippen LogP contribution in [0.2, 0.25) is 0 Å². The van der Waals surface area contributed by atoms with Gasteiger partial charge in [0.1, 0.15) is 5.82 Å². The van der Waals surface area contributed by atoms with Crippen LogP contribution in [0.3, 0.4) is 0 Å². The summed E-state index contributed by atoms with van der Waals surface area (Å²) in [6.07, 6.45) is 0. The standard InChI is InChI=1S/C27H32N4O3/c1-17-7-6-8-23(18(17)2)30-11-13-31(14-12-30)24-16-21(25(32)33)20-15-19(9-10-22(20)29-24)28-26(34)27(3,4)5/h6-10,15-16H,11-14H2,1-5H3,(H,28,34)(H,32,33). The van der Waals surface area contributed by atoms with Gasteiger partial charge in [-0.2, -0.15) is 0 Å². The number of nitrogens with one attached hydrogen (secondary N) is 1. The number of carbonyl (C=O) groups is 2. The highest BCUT2D eigenvalue weighted by Crippen LogP contribution is 2.29.